The van der Waals surface area contributed by atoms with Gasteiger partial charge in [0, 0.05) is 5.69 Å². The second-order valence-corrected chi connectivity index (χ2v) is 9.39. The van der Waals surface area contributed by atoms with Gasteiger partial charge in [-0.1, -0.05) is 36.7 Å². The molecule has 0 aromatic heterocycles. The number of carbonyl (C=O) groups is 1. The van der Waals surface area contributed by atoms with Crippen LogP contribution in [0.3, 0.4) is 0 Å². The summed E-state index contributed by atoms with van der Waals surface area (Å²) >= 11 is 6.22. The molecule has 0 aliphatic heterocycles. The summed E-state index contributed by atoms with van der Waals surface area (Å²) in [5.41, 5.74) is 4.53. The van der Waals surface area contributed by atoms with Crippen LogP contribution in [-0.2, 0) is 22.9 Å². The van der Waals surface area contributed by atoms with Crippen LogP contribution in [0.15, 0.2) is 36.4 Å². The van der Waals surface area contributed by atoms with Crippen LogP contribution < -0.4 is 10.0 Å². The standard InChI is InChI=1S/C21H25ClN2O3S/c1-3-20(16-9-8-14-6-4-5-7-15(14)12-16)23-21(25)18-11-10-17(13-19(18)22)24-28(2,26)27/h8-13,20,24H,3-7H2,1-2H3,(H,23,25). The van der Waals surface area contributed by atoms with Crippen LogP contribution in [0.5, 0.6) is 0 Å². The normalized spacial score (nSPS) is 14.8. The second-order valence-electron chi connectivity index (χ2n) is 7.24. The molecule has 0 radical (unpaired) electrons. The van der Waals surface area contributed by atoms with E-state index in [0.29, 0.717) is 11.3 Å². The number of anilines is 1. The van der Waals surface area contributed by atoms with Gasteiger partial charge in [-0.15, -0.1) is 0 Å². The average molecular weight is 421 g/mol. The van der Waals surface area contributed by atoms with Crippen molar-refractivity contribution in [2.45, 2.75) is 45.1 Å². The van der Waals surface area contributed by atoms with Crippen molar-refractivity contribution in [2.75, 3.05) is 11.0 Å². The van der Waals surface area contributed by atoms with Gasteiger partial charge in [-0.25, -0.2) is 8.42 Å². The van der Waals surface area contributed by atoms with Gasteiger partial charge in [-0.05, 0) is 67.0 Å². The SMILES string of the molecule is CCC(NC(=O)c1ccc(NS(C)(=O)=O)cc1Cl)c1ccc2c(c1)CCCC2. The summed E-state index contributed by atoms with van der Waals surface area (Å²) in [7, 11) is -3.40. The van der Waals surface area contributed by atoms with E-state index in [4.69, 9.17) is 11.6 Å². The van der Waals surface area contributed by atoms with Crippen molar-refractivity contribution in [3.8, 4) is 0 Å². The van der Waals surface area contributed by atoms with Gasteiger partial charge in [0.2, 0.25) is 10.0 Å². The third-order valence-electron chi connectivity index (χ3n) is 5.01. The van der Waals surface area contributed by atoms with Crippen LogP contribution in [0.2, 0.25) is 5.02 Å². The number of halogens is 1. The highest BCUT2D eigenvalue weighted by atomic mass is 35.5. The Balaban J connectivity index is 1.77. The van der Waals surface area contributed by atoms with Crippen LogP contribution in [0.4, 0.5) is 5.69 Å². The molecular formula is C21H25ClN2O3S. The van der Waals surface area contributed by atoms with Crippen molar-refractivity contribution in [3.63, 3.8) is 0 Å². The predicted molar refractivity (Wildman–Crippen MR) is 114 cm³/mol. The third kappa shape index (κ3) is 5.06. The van der Waals surface area contributed by atoms with E-state index in [1.807, 2.05) is 6.92 Å². The number of sulfonamides is 1. The second kappa shape index (κ2) is 8.53. The summed E-state index contributed by atoms with van der Waals surface area (Å²) in [6.07, 6.45) is 6.49. The van der Waals surface area contributed by atoms with Gasteiger partial charge < -0.3 is 5.32 Å². The van der Waals surface area contributed by atoms with Gasteiger partial charge in [0.05, 0.1) is 22.9 Å². The van der Waals surface area contributed by atoms with E-state index in [0.717, 1.165) is 31.1 Å². The largest absolute Gasteiger partial charge is 0.345 e. The van der Waals surface area contributed by atoms with Crippen molar-refractivity contribution in [1.82, 2.24) is 5.32 Å². The fourth-order valence-electron chi connectivity index (χ4n) is 3.60. The van der Waals surface area contributed by atoms with Crippen molar-refractivity contribution in [1.29, 1.82) is 0 Å². The Morgan fingerprint density at radius 2 is 1.82 bits per heavy atom. The molecule has 2 aromatic carbocycles. The summed E-state index contributed by atoms with van der Waals surface area (Å²) in [5.74, 6) is -0.277. The zero-order valence-electron chi connectivity index (χ0n) is 16.1. The number of aryl methyl sites for hydroxylation is 2. The van der Waals surface area contributed by atoms with Gasteiger partial charge >= 0.3 is 0 Å². The highest BCUT2D eigenvalue weighted by Crippen LogP contribution is 2.27. The van der Waals surface area contributed by atoms with E-state index >= 15 is 0 Å². The molecule has 0 fully saturated rings. The lowest BCUT2D eigenvalue weighted by Gasteiger charge is -2.22. The van der Waals surface area contributed by atoms with Gasteiger partial charge in [0.1, 0.15) is 0 Å². The Labute approximate surface area is 171 Å². The number of benzene rings is 2. The lowest BCUT2D eigenvalue weighted by Crippen LogP contribution is -2.28. The maximum absolute atomic E-state index is 12.8. The van der Waals surface area contributed by atoms with Gasteiger partial charge in [-0.3, -0.25) is 9.52 Å². The summed E-state index contributed by atoms with van der Waals surface area (Å²) in [6, 6.07) is 10.9. The first-order valence-electron chi connectivity index (χ1n) is 9.46. The van der Waals surface area contributed by atoms with E-state index in [1.165, 1.54) is 42.2 Å². The Hall–Kier alpha value is -2.05. The Kier molecular flexibility index (Phi) is 6.30. The average Bonchev–Trinajstić information content (AvgIpc) is 2.64. The molecule has 0 heterocycles. The monoisotopic (exact) mass is 420 g/mol. The molecule has 0 spiro atoms. The Morgan fingerprint density at radius 3 is 2.46 bits per heavy atom. The number of rotatable bonds is 6. The highest BCUT2D eigenvalue weighted by molar-refractivity contribution is 7.92. The molecule has 5 nitrogen and oxygen atoms in total. The van der Waals surface area contributed by atoms with Crippen LogP contribution in [-0.4, -0.2) is 20.6 Å². The quantitative estimate of drug-likeness (QED) is 0.723. The lowest BCUT2D eigenvalue weighted by molar-refractivity contribution is 0.0935. The number of fused-ring (bicyclic) bond motifs is 1. The van der Waals surface area contributed by atoms with Crippen molar-refractivity contribution < 1.29 is 13.2 Å². The summed E-state index contributed by atoms with van der Waals surface area (Å²) in [4.78, 5) is 12.8. The molecule has 3 rings (SSSR count). The smallest absolute Gasteiger partial charge is 0.253 e. The molecule has 0 saturated heterocycles. The fraction of sp³-hybridized carbons (Fsp3) is 0.381. The first-order chi connectivity index (χ1) is 13.3. The Morgan fingerprint density at radius 1 is 1.11 bits per heavy atom. The molecule has 150 valence electrons. The molecule has 28 heavy (non-hydrogen) atoms. The van der Waals surface area contributed by atoms with Crippen LogP contribution in [0.25, 0.3) is 0 Å². The molecule has 1 unspecified atom stereocenters. The minimum absolute atomic E-state index is 0.107. The third-order valence-corrected chi connectivity index (χ3v) is 5.92. The maximum Gasteiger partial charge on any atom is 0.253 e. The fourth-order valence-corrected chi connectivity index (χ4v) is 4.43. The van der Waals surface area contributed by atoms with Gasteiger partial charge in [0.25, 0.3) is 5.91 Å². The molecular weight excluding hydrogens is 396 g/mol. The highest BCUT2D eigenvalue weighted by Gasteiger charge is 2.19. The van der Waals surface area contributed by atoms with Crippen LogP contribution in [0.1, 0.15) is 59.3 Å². The molecule has 7 heteroatoms. The topological polar surface area (TPSA) is 75.3 Å². The van der Waals surface area contributed by atoms with Gasteiger partial charge in [0.15, 0.2) is 0 Å². The number of hydrogen-bond acceptors (Lipinski definition) is 3. The lowest BCUT2D eigenvalue weighted by atomic mass is 9.88. The van der Waals surface area contributed by atoms with E-state index < -0.39 is 10.0 Å². The van der Waals surface area contributed by atoms with Crippen molar-refractivity contribution in [3.05, 3.63) is 63.7 Å². The summed E-state index contributed by atoms with van der Waals surface area (Å²) in [5, 5.41) is 3.25. The molecule has 0 bridgehead atoms. The van der Waals surface area contributed by atoms with E-state index in [9.17, 15) is 13.2 Å². The molecule has 1 aliphatic rings. The minimum atomic E-state index is -3.40. The molecule has 2 N–H and O–H groups in total. The zero-order chi connectivity index (χ0) is 20.3. The molecule has 1 amide bonds. The molecule has 1 atom stereocenters. The van der Waals surface area contributed by atoms with E-state index in [1.54, 1.807) is 0 Å². The predicted octanol–water partition coefficient (Wildman–Crippen LogP) is 4.47. The van der Waals surface area contributed by atoms with Crippen LogP contribution in [0, 0.1) is 0 Å². The van der Waals surface area contributed by atoms with Crippen LogP contribution >= 0.6 is 11.6 Å². The van der Waals surface area contributed by atoms with Gasteiger partial charge in [-0.2, -0.15) is 0 Å². The summed E-state index contributed by atoms with van der Waals surface area (Å²) in [6.45, 7) is 2.03. The maximum atomic E-state index is 12.8. The Bertz CT molecular complexity index is 989. The number of hydrogen-bond donors (Lipinski definition) is 2. The number of amides is 1. The molecule has 0 saturated carbocycles. The minimum Gasteiger partial charge on any atom is -0.345 e. The van der Waals surface area contributed by atoms with Crippen molar-refractivity contribution >= 4 is 33.2 Å². The summed E-state index contributed by atoms with van der Waals surface area (Å²) < 4.78 is 25.0. The van der Waals surface area contributed by atoms with E-state index in [2.05, 4.69) is 28.2 Å². The first kappa shape index (κ1) is 20.7. The number of nitrogens with one attached hydrogen (secondary N) is 2. The number of carbonyl (C=O) groups excluding carboxylic acids is 1. The molecule has 1 aliphatic carbocycles. The van der Waals surface area contributed by atoms with E-state index in [-0.39, 0.29) is 17.0 Å². The first-order valence-corrected chi connectivity index (χ1v) is 11.7. The zero-order valence-corrected chi connectivity index (χ0v) is 17.7. The van der Waals surface area contributed by atoms with Crippen molar-refractivity contribution in [2.24, 2.45) is 0 Å². The molecule has 2 aromatic rings.